The van der Waals surface area contributed by atoms with Crippen molar-refractivity contribution in [3.63, 3.8) is 0 Å². The lowest BCUT2D eigenvalue weighted by molar-refractivity contribution is -0.125. The van der Waals surface area contributed by atoms with Crippen LogP contribution in [0, 0.1) is 6.92 Å². The number of fused-ring (bicyclic) bond motifs is 1. The first-order chi connectivity index (χ1) is 12.9. The molecule has 1 heterocycles. The largest absolute Gasteiger partial charge is 0.487 e. The molecule has 1 atom stereocenters. The lowest BCUT2D eigenvalue weighted by Gasteiger charge is -2.33. The van der Waals surface area contributed by atoms with E-state index in [1.807, 2.05) is 56.3 Å². The number of halogens is 1. The Morgan fingerprint density at radius 2 is 2.04 bits per heavy atom. The van der Waals surface area contributed by atoms with E-state index in [4.69, 9.17) is 4.74 Å². The average molecular weight is 431 g/mol. The van der Waals surface area contributed by atoms with Crippen molar-refractivity contribution in [3.05, 3.63) is 58.1 Å². The van der Waals surface area contributed by atoms with Crippen LogP contribution in [0.25, 0.3) is 0 Å². The zero-order chi connectivity index (χ0) is 19.4. The van der Waals surface area contributed by atoms with E-state index in [1.165, 1.54) is 0 Å². The lowest BCUT2D eigenvalue weighted by atomic mass is 10.1. The molecule has 5 nitrogen and oxygen atoms in total. The molecular formula is C21H23BrN2O3. The topological polar surface area (TPSA) is 58.6 Å². The molecule has 3 rings (SSSR count). The molecule has 1 aliphatic rings. The first-order valence-electron chi connectivity index (χ1n) is 9.01. The molecule has 2 aromatic rings. The zero-order valence-corrected chi connectivity index (χ0v) is 17.1. The van der Waals surface area contributed by atoms with E-state index in [2.05, 4.69) is 21.2 Å². The number of benzene rings is 2. The highest BCUT2D eigenvalue weighted by Gasteiger charge is 2.27. The minimum Gasteiger partial charge on any atom is -0.487 e. The number of carbonyl (C=O) groups excluding carboxylic acids is 2. The molecule has 2 amide bonds. The second kappa shape index (κ2) is 8.57. The maximum absolute atomic E-state index is 12.7. The smallest absolute Gasteiger partial charge is 0.227 e. The van der Waals surface area contributed by atoms with Gasteiger partial charge in [0.25, 0.3) is 0 Å². The summed E-state index contributed by atoms with van der Waals surface area (Å²) in [6.07, 6.45) is 0.263. The van der Waals surface area contributed by atoms with Crippen LogP contribution in [0.1, 0.15) is 30.9 Å². The molecule has 0 saturated carbocycles. The van der Waals surface area contributed by atoms with Crippen LogP contribution in [0.5, 0.6) is 5.75 Å². The second-order valence-corrected chi connectivity index (χ2v) is 7.73. The molecule has 1 N–H and O–H groups in total. The molecule has 0 aliphatic carbocycles. The van der Waals surface area contributed by atoms with E-state index in [9.17, 15) is 9.59 Å². The zero-order valence-electron chi connectivity index (χ0n) is 15.5. The summed E-state index contributed by atoms with van der Waals surface area (Å²) in [6.45, 7) is 4.86. The quantitative estimate of drug-likeness (QED) is 0.780. The Balaban J connectivity index is 1.56. The summed E-state index contributed by atoms with van der Waals surface area (Å²) in [6, 6.07) is 13.6. The van der Waals surface area contributed by atoms with Crippen molar-refractivity contribution in [3.8, 4) is 5.75 Å². The van der Waals surface area contributed by atoms with Crippen molar-refractivity contribution in [2.75, 3.05) is 11.4 Å². The third kappa shape index (κ3) is 5.10. The average Bonchev–Trinajstić information content (AvgIpc) is 2.64. The van der Waals surface area contributed by atoms with Crippen molar-refractivity contribution < 1.29 is 14.3 Å². The number of anilines is 1. The molecule has 6 heteroatoms. The summed E-state index contributed by atoms with van der Waals surface area (Å²) in [5, 5.41) is 2.87. The van der Waals surface area contributed by atoms with Gasteiger partial charge in [-0.25, -0.2) is 0 Å². The highest BCUT2D eigenvalue weighted by molar-refractivity contribution is 9.10. The first kappa shape index (κ1) is 19.4. The number of rotatable bonds is 5. The molecule has 27 heavy (non-hydrogen) atoms. The molecule has 0 aromatic heterocycles. The summed E-state index contributed by atoms with van der Waals surface area (Å²) >= 11 is 3.41. The summed E-state index contributed by atoms with van der Waals surface area (Å²) in [4.78, 5) is 26.6. The standard InChI is InChI=1S/C21H23BrN2O3/c1-14-6-7-19-18(10-14)24(13-15(2)27-19)21(26)9-8-20(25)23-12-16-4-3-5-17(22)11-16/h3-7,10-11,15H,8-9,12-13H2,1-2H3,(H,23,25)/t15-/m0/s1. The van der Waals surface area contributed by atoms with Gasteiger partial charge in [-0.1, -0.05) is 34.1 Å². The number of carbonyl (C=O) groups is 2. The van der Waals surface area contributed by atoms with Gasteiger partial charge in [0.05, 0.1) is 12.2 Å². The van der Waals surface area contributed by atoms with Crippen molar-refractivity contribution in [1.29, 1.82) is 0 Å². The van der Waals surface area contributed by atoms with Crippen LogP contribution in [0.3, 0.4) is 0 Å². The first-order valence-corrected chi connectivity index (χ1v) is 9.80. The Morgan fingerprint density at radius 1 is 1.22 bits per heavy atom. The van der Waals surface area contributed by atoms with Gasteiger partial charge in [-0.05, 0) is 49.2 Å². The molecular weight excluding hydrogens is 408 g/mol. The van der Waals surface area contributed by atoms with E-state index in [0.29, 0.717) is 18.8 Å². The monoisotopic (exact) mass is 430 g/mol. The van der Waals surface area contributed by atoms with E-state index < -0.39 is 0 Å². The number of amides is 2. The van der Waals surface area contributed by atoms with Crippen LogP contribution in [0.2, 0.25) is 0 Å². The van der Waals surface area contributed by atoms with Crippen LogP contribution in [0.4, 0.5) is 5.69 Å². The maximum Gasteiger partial charge on any atom is 0.227 e. The van der Waals surface area contributed by atoms with Crippen LogP contribution in [-0.2, 0) is 16.1 Å². The van der Waals surface area contributed by atoms with Crippen molar-refractivity contribution in [2.24, 2.45) is 0 Å². The van der Waals surface area contributed by atoms with Gasteiger partial charge in [-0.3, -0.25) is 9.59 Å². The van der Waals surface area contributed by atoms with Gasteiger partial charge in [-0.15, -0.1) is 0 Å². The predicted molar refractivity (Wildman–Crippen MR) is 109 cm³/mol. The molecule has 0 unspecified atom stereocenters. The van der Waals surface area contributed by atoms with Crippen molar-refractivity contribution >= 4 is 33.4 Å². The SMILES string of the molecule is Cc1ccc2c(c1)N(C(=O)CCC(=O)NCc1cccc(Br)c1)C[C@H](C)O2. The summed E-state index contributed by atoms with van der Waals surface area (Å²) in [5.74, 6) is 0.524. The molecule has 1 aliphatic heterocycles. The van der Waals surface area contributed by atoms with Crippen LogP contribution in [-0.4, -0.2) is 24.5 Å². The Labute approximate surface area is 167 Å². The van der Waals surface area contributed by atoms with Crippen molar-refractivity contribution in [1.82, 2.24) is 5.32 Å². The fraction of sp³-hybridized carbons (Fsp3) is 0.333. The Morgan fingerprint density at radius 3 is 2.81 bits per heavy atom. The third-order valence-corrected chi connectivity index (χ3v) is 4.91. The van der Waals surface area contributed by atoms with Gasteiger partial charge in [0.2, 0.25) is 11.8 Å². The molecule has 2 aromatic carbocycles. The van der Waals surface area contributed by atoms with Gasteiger partial charge in [-0.2, -0.15) is 0 Å². The summed E-state index contributed by atoms with van der Waals surface area (Å²) < 4.78 is 6.79. The normalized spacial score (nSPS) is 15.7. The summed E-state index contributed by atoms with van der Waals surface area (Å²) in [5.41, 5.74) is 2.86. The second-order valence-electron chi connectivity index (χ2n) is 6.81. The third-order valence-electron chi connectivity index (χ3n) is 4.42. The maximum atomic E-state index is 12.7. The Bertz CT molecular complexity index is 853. The molecule has 0 fully saturated rings. The number of nitrogens with one attached hydrogen (secondary N) is 1. The Kier molecular flexibility index (Phi) is 6.16. The highest BCUT2D eigenvalue weighted by atomic mass is 79.9. The molecule has 142 valence electrons. The van der Waals surface area contributed by atoms with Gasteiger partial charge in [0.1, 0.15) is 11.9 Å². The number of hydrogen-bond acceptors (Lipinski definition) is 3. The number of nitrogens with zero attached hydrogens (tertiary/aromatic N) is 1. The fourth-order valence-corrected chi connectivity index (χ4v) is 3.52. The molecule has 0 saturated heterocycles. The van der Waals surface area contributed by atoms with Crippen LogP contribution < -0.4 is 15.0 Å². The number of ether oxygens (including phenoxy) is 1. The number of hydrogen-bond donors (Lipinski definition) is 1. The van der Waals surface area contributed by atoms with E-state index in [1.54, 1.807) is 4.90 Å². The van der Waals surface area contributed by atoms with Crippen LogP contribution >= 0.6 is 15.9 Å². The molecule has 0 bridgehead atoms. The molecule has 0 radical (unpaired) electrons. The summed E-state index contributed by atoms with van der Waals surface area (Å²) in [7, 11) is 0. The predicted octanol–water partition coefficient (Wildman–Crippen LogP) is 3.97. The number of aryl methyl sites for hydroxylation is 1. The van der Waals surface area contributed by atoms with Gasteiger partial charge >= 0.3 is 0 Å². The van der Waals surface area contributed by atoms with E-state index >= 15 is 0 Å². The van der Waals surface area contributed by atoms with Crippen LogP contribution in [0.15, 0.2) is 46.9 Å². The molecule has 0 spiro atoms. The van der Waals surface area contributed by atoms with E-state index in [0.717, 1.165) is 21.3 Å². The minimum absolute atomic E-state index is 0.0606. The van der Waals surface area contributed by atoms with Gasteiger partial charge < -0.3 is 15.0 Å². The van der Waals surface area contributed by atoms with E-state index in [-0.39, 0.29) is 30.8 Å². The fourth-order valence-electron chi connectivity index (χ4n) is 3.08. The lowest BCUT2D eigenvalue weighted by Crippen LogP contribution is -2.42. The van der Waals surface area contributed by atoms with Gasteiger partial charge in [0.15, 0.2) is 0 Å². The Hall–Kier alpha value is -2.34. The van der Waals surface area contributed by atoms with Crippen molar-refractivity contribution in [2.45, 2.75) is 39.3 Å². The highest BCUT2D eigenvalue weighted by Crippen LogP contribution is 2.34. The minimum atomic E-state index is -0.130. The van der Waals surface area contributed by atoms with Gasteiger partial charge in [0, 0.05) is 23.9 Å².